The summed E-state index contributed by atoms with van der Waals surface area (Å²) in [7, 11) is 0. The molecule has 0 spiro atoms. The molecule has 98 valence electrons. The van der Waals surface area contributed by atoms with Crippen LogP contribution < -0.4 is 0 Å². The summed E-state index contributed by atoms with van der Waals surface area (Å²) in [5.74, 6) is 1.03. The van der Waals surface area contributed by atoms with Crippen LogP contribution >= 0.6 is 0 Å². The largest absolute Gasteiger partial charge is 0.299 e. The second-order valence-electron chi connectivity index (χ2n) is 7.66. The monoisotopic (exact) mass is 236 g/mol. The van der Waals surface area contributed by atoms with E-state index in [1.807, 2.05) is 20.8 Å². The summed E-state index contributed by atoms with van der Waals surface area (Å²) in [5, 5.41) is 0. The maximum Gasteiger partial charge on any atom is 0.141 e. The quantitative estimate of drug-likeness (QED) is 0.607. The van der Waals surface area contributed by atoms with Crippen LogP contribution in [0.4, 0.5) is 0 Å². The van der Waals surface area contributed by atoms with Crippen molar-refractivity contribution >= 4 is 5.78 Å². The van der Waals surface area contributed by atoms with Crippen LogP contribution in [0.2, 0.25) is 0 Å². The number of ketones is 1. The van der Waals surface area contributed by atoms with Crippen molar-refractivity contribution in [3.63, 3.8) is 0 Å². The van der Waals surface area contributed by atoms with Gasteiger partial charge < -0.3 is 0 Å². The minimum Gasteiger partial charge on any atom is -0.299 e. The van der Waals surface area contributed by atoms with E-state index in [-0.39, 0.29) is 16.7 Å². The molecule has 0 saturated carbocycles. The Morgan fingerprint density at radius 1 is 1.18 bits per heavy atom. The molecule has 1 nitrogen and oxygen atoms in total. The van der Waals surface area contributed by atoms with E-state index in [0.717, 1.165) is 12.8 Å². The van der Waals surface area contributed by atoms with Crippen LogP contribution in [0.3, 0.4) is 0 Å². The highest BCUT2D eigenvalue weighted by atomic mass is 16.1. The summed E-state index contributed by atoms with van der Waals surface area (Å²) in [6.07, 6.45) is 4.46. The van der Waals surface area contributed by atoms with Crippen LogP contribution in [0.1, 0.15) is 61.3 Å². The van der Waals surface area contributed by atoms with Crippen molar-refractivity contribution in [2.75, 3.05) is 0 Å². The Morgan fingerprint density at radius 3 is 2.12 bits per heavy atom. The van der Waals surface area contributed by atoms with E-state index in [2.05, 4.69) is 33.8 Å². The number of Topliss-reactive ketones (excluding diaryl/α,β-unsaturated/α-hetero) is 1. The van der Waals surface area contributed by atoms with E-state index in [0.29, 0.717) is 11.7 Å². The van der Waals surface area contributed by atoms with E-state index in [1.54, 1.807) is 0 Å². The zero-order valence-electron chi connectivity index (χ0n) is 12.6. The molecular weight excluding hydrogens is 208 g/mol. The van der Waals surface area contributed by atoms with Crippen molar-refractivity contribution in [1.82, 2.24) is 0 Å². The third-order valence-corrected chi connectivity index (χ3v) is 3.82. The predicted octanol–water partition coefficient (Wildman–Crippen LogP) is 4.62. The van der Waals surface area contributed by atoms with Gasteiger partial charge in [-0.25, -0.2) is 0 Å². The van der Waals surface area contributed by atoms with Crippen molar-refractivity contribution in [2.45, 2.75) is 61.3 Å². The van der Waals surface area contributed by atoms with Crippen LogP contribution in [0, 0.1) is 22.7 Å². The molecule has 0 bridgehead atoms. The molecule has 0 N–H and O–H groups in total. The summed E-state index contributed by atoms with van der Waals surface area (Å²) < 4.78 is 0. The van der Waals surface area contributed by atoms with Crippen molar-refractivity contribution in [1.29, 1.82) is 0 Å². The molecule has 1 rings (SSSR count). The fraction of sp³-hybridized carbons (Fsp3) is 0.812. The highest BCUT2D eigenvalue weighted by Crippen LogP contribution is 2.43. The second kappa shape index (κ2) is 4.59. The summed E-state index contributed by atoms with van der Waals surface area (Å²) >= 11 is 0. The molecule has 1 aliphatic carbocycles. The van der Waals surface area contributed by atoms with E-state index in [1.165, 1.54) is 5.57 Å². The molecule has 1 aliphatic rings. The van der Waals surface area contributed by atoms with Crippen LogP contribution in [-0.4, -0.2) is 5.78 Å². The minimum atomic E-state index is -0.215. The van der Waals surface area contributed by atoms with Crippen molar-refractivity contribution in [3.8, 4) is 0 Å². The smallest absolute Gasteiger partial charge is 0.141 e. The molecule has 0 heterocycles. The summed E-state index contributed by atoms with van der Waals surface area (Å²) in [4.78, 5) is 12.6. The van der Waals surface area contributed by atoms with Gasteiger partial charge in [0.15, 0.2) is 0 Å². The van der Waals surface area contributed by atoms with E-state index < -0.39 is 0 Å². The third-order valence-electron chi connectivity index (χ3n) is 3.82. The Morgan fingerprint density at radius 2 is 1.71 bits per heavy atom. The average Bonchev–Trinajstić information content (AvgIpc) is 2.14. The molecule has 0 amide bonds. The Labute approximate surface area is 107 Å². The SMILES string of the molecule is CC1=CC(C(C)(C)C)C(C(=O)C(C)(C)C)CC1. The summed E-state index contributed by atoms with van der Waals surface area (Å²) in [6.45, 7) is 15.1. The Bertz CT molecular complexity index is 322. The van der Waals surface area contributed by atoms with Crippen LogP contribution in [0.25, 0.3) is 0 Å². The van der Waals surface area contributed by atoms with Crippen LogP contribution in [-0.2, 0) is 4.79 Å². The van der Waals surface area contributed by atoms with Crippen molar-refractivity contribution < 1.29 is 4.79 Å². The zero-order valence-corrected chi connectivity index (χ0v) is 12.6. The topological polar surface area (TPSA) is 17.1 Å². The fourth-order valence-corrected chi connectivity index (χ4v) is 2.77. The van der Waals surface area contributed by atoms with Gasteiger partial charge in [0.1, 0.15) is 5.78 Å². The van der Waals surface area contributed by atoms with Gasteiger partial charge in [-0.15, -0.1) is 0 Å². The molecule has 1 heteroatoms. The molecule has 0 saturated heterocycles. The highest BCUT2D eigenvalue weighted by Gasteiger charge is 2.40. The first kappa shape index (κ1) is 14.5. The molecular formula is C16H28O. The Hall–Kier alpha value is -0.590. The fourth-order valence-electron chi connectivity index (χ4n) is 2.77. The lowest BCUT2D eigenvalue weighted by Gasteiger charge is -2.40. The third kappa shape index (κ3) is 3.43. The van der Waals surface area contributed by atoms with Gasteiger partial charge in [-0.05, 0) is 31.1 Å². The molecule has 17 heavy (non-hydrogen) atoms. The minimum absolute atomic E-state index is 0.174. The van der Waals surface area contributed by atoms with Gasteiger partial charge in [0.2, 0.25) is 0 Å². The zero-order chi connectivity index (χ0) is 13.4. The van der Waals surface area contributed by atoms with Crippen molar-refractivity contribution in [3.05, 3.63) is 11.6 Å². The lowest BCUT2D eigenvalue weighted by atomic mass is 9.63. The van der Waals surface area contributed by atoms with Crippen LogP contribution in [0.15, 0.2) is 11.6 Å². The number of hydrogen-bond donors (Lipinski definition) is 0. The molecule has 0 radical (unpaired) electrons. The van der Waals surface area contributed by atoms with Gasteiger partial charge in [0.05, 0.1) is 0 Å². The molecule has 2 atom stereocenters. The van der Waals surface area contributed by atoms with Crippen LogP contribution in [0.5, 0.6) is 0 Å². The van der Waals surface area contributed by atoms with Gasteiger partial charge >= 0.3 is 0 Å². The molecule has 0 fully saturated rings. The summed E-state index contributed by atoms with van der Waals surface area (Å²) in [6, 6.07) is 0. The molecule has 0 aromatic heterocycles. The molecule has 0 aromatic carbocycles. The average molecular weight is 236 g/mol. The number of carbonyl (C=O) groups is 1. The van der Waals surface area contributed by atoms with Gasteiger partial charge in [0.25, 0.3) is 0 Å². The summed E-state index contributed by atoms with van der Waals surface area (Å²) in [5.41, 5.74) is 1.41. The van der Waals surface area contributed by atoms with E-state index >= 15 is 0 Å². The van der Waals surface area contributed by atoms with Gasteiger partial charge in [-0.3, -0.25) is 4.79 Å². The van der Waals surface area contributed by atoms with E-state index in [9.17, 15) is 4.79 Å². The number of allylic oxidation sites excluding steroid dienone is 2. The Kier molecular flexibility index (Phi) is 3.91. The van der Waals surface area contributed by atoms with Crippen molar-refractivity contribution in [2.24, 2.45) is 22.7 Å². The maximum absolute atomic E-state index is 12.6. The Balaban J connectivity index is 3.04. The first-order valence-corrected chi connectivity index (χ1v) is 6.75. The van der Waals surface area contributed by atoms with E-state index in [4.69, 9.17) is 0 Å². The maximum atomic E-state index is 12.6. The molecule has 0 aliphatic heterocycles. The molecule has 0 aromatic rings. The lowest BCUT2D eigenvalue weighted by molar-refractivity contribution is -0.133. The first-order valence-electron chi connectivity index (χ1n) is 6.75. The number of rotatable bonds is 1. The number of hydrogen-bond acceptors (Lipinski definition) is 1. The predicted molar refractivity (Wildman–Crippen MR) is 73.9 cm³/mol. The first-order chi connectivity index (χ1) is 7.53. The standard InChI is InChI=1S/C16H28O/c1-11-8-9-12(14(17)16(5,6)7)13(10-11)15(2,3)4/h10,12-13H,8-9H2,1-7H3. The normalized spacial score (nSPS) is 26.6. The number of carbonyl (C=O) groups excluding carboxylic acids is 1. The van der Waals surface area contributed by atoms with Gasteiger partial charge in [-0.2, -0.15) is 0 Å². The lowest BCUT2D eigenvalue weighted by Crippen LogP contribution is -2.39. The molecule has 2 unspecified atom stereocenters. The second-order valence-corrected chi connectivity index (χ2v) is 7.66. The van der Waals surface area contributed by atoms with Gasteiger partial charge in [0, 0.05) is 11.3 Å². The highest BCUT2D eigenvalue weighted by molar-refractivity contribution is 5.86. The van der Waals surface area contributed by atoms with Gasteiger partial charge in [-0.1, -0.05) is 53.2 Å².